The first-order valence-electron chi connectivity index (χ1n) is 5.63. The topological polar surface area (TPSA) is 24.1 Å². The Balaban J connectivity index is 2.66. The first-order valence-corrected chi connectivity index (χ1v) is 5.63. The Kier molecular flexibility index (Phi) is 3.99. The lowest BCUT2D eigenvalue weighted by Gasteiger charge is -2.21. The molecule has 16 heavy (non-hydrogen) atoms. The van der Waals surface area contributed by atoms with Gasteiger partial charge in [0.1, 0.15) is 0 Å². The highest BCUT2D eigenvalue weighted by Gasteiger charge is 2.10. The number of benzene rings is 1. The first-order chi connectivity index (χ1) is 7.42. The summed E-state index contributed by atoms with van der Waals surface area (Å²) in [5.74, 6) is 0. The van der Waals surface area contributed by atoms with Crippen molar-refractivity contribution in [1.29, 1.82) is 0 Å². The largest absolute Gasteiger partial charge is 0.388 e. The summed E-state index contributed by atoms with van der Waals surface area (Å²) in [6.45, 7) is 11.6. The van der Waals surface area contributed by atoms with E-state index in [9.17, 15) is 0 Å². The molecule has 2 N–H and O–H groups in total. The van der Waals surface area contributed by atoms with Gasteiger partial charge in [-0.05, 0) is 23.1 Å². The maximum absolute atomic E-state index is 4.06. The molecule has 88 valence electrons. The average Bonchev–Trinajstić information content (AvgIpc) is 2.25. The minimum absolute atomic E-state index is 0.267. The zero-order valence-electron chi connectivity index (χ0n) is 10.7. The van der Waals surface area contributed by atoms with E-state index in [4.69, 9.17) is 0 Å². The van der Waals surface area contributed by atoms with Crippen LogP contribution in [0.5, 0.6) is 0 Å². The highest BCUT2D eigenvalue weighted by Crippen LogP contribution is 2.17. The van der Waals surface area contributed by atoms with Gasteiger partial charge in [-0.3, -0.25) is 0 Å². The molecule has 0 aliphatic rings. The zero-order chi connectivity index (χ0) is 12.2. The smallest absolute Gasteiger partial charge is 0.0344 e. The molecule has 0 aromatic heterocycles. The molecule has 0 aliphatic carbocycles. The fraction of sp³-hybridized carbons (Fsp3) is 0.429. The van der Waals surface area contributed by atoms with Crippen LogP contribution in [-0.4, -0.2) is 13.6 Å². The zero-order valence-corrected chi connectivity index (χ0v) is 10.7. The molecular formula is C14H22N2. The second-order valence-corrected chi connectivity index (χ2v) is 5.22. The molecule has 1 aromatic rings. The summed E-state index contributed by atoms with van der Waals surface area (Å²) in [5, 5.41) is 6.49. The molecule has 2 nitrogen and oxygen atoms in total. The highest BCUT2D eigenvalue weighted by molar-refractivity contribution is 5.65. The van der Waals surface area contributed by atoms with Gasteiger partial charge in [0.05, 0.1) is 0 Å². The fourth-order valence-electron chi connectivity index (χ4n) is 1.34. The Morgan fingerprint density at radius 3 is 2.56 bits per heavy atom. The Labute approximate surface area is 98.8 Å². The summed E-state index contributed by atoms with van der Waals surface area (Å²) >= 11 is 0. The van der Waals surface area contributed by atoms with Crippen molar-refractivity contribution in [3.8, 4) is 0 Å². The molecule has 0 amide bonds. The third kappa shape index (κ3) is 3.97. The molecule has 1 rings (SSSR count). The van der Waals surface area contributed by atoms with Crippen LogP contribution >= 0.6 is 0 Å². The summed E-state index contributed by atoms with van der Waals surface area (Å²) in [6.07, 6.45) is 0. The van der Waals surface area contributed by atoms with Gasteiger partial charge in [0.25, 0.3) is 0 Å². The standard InChI is InChI=1S/C14H22N2/c1-11(16-10-14(2,3)4)12-7-6-8-13(9-12)15-5/h6-9,15-16H,1,10H2,2-5H3. The van der Waals surface area contributed by atoms with Gasteiger partial charge in [-0.25, -0.2) is 0 Å². The molecule has 0 heterocycles. The Morgan fingerprint density at radius 1 is 1.31 bits per heavy atom. The van der Waals surface area contributed by atoms with E-state index in [-0.39, 0.29) is 5.41 Å². The maximum Gasteiger partial charge on any atom is 0.0344 e. The van der Waals surface area contributed by atoms with E-state index in [0.717, 1.165) is 23.5 Å². The maximum atomic E-state index is 4.06. The molecular weight excluding hydrogens is 196 g/mol. The number of hydrogen-bond acceptors (Lipinski definition) is 2. The summed E-state index contributed by atoms with van der Waals surface area (Å²) in [7, 11) is 1.92. The van der Waals surface area contributed by atoms with Gasteiger partial charge in [-0.15, -0.1) is 0 Å². The monoisotopic (exact) mass is 218 g/mol. The van der Waals surface area contributed by atoms with Crippen molar-refractivity contribution < 1.29 is 0 Å². The van der Waals surface area contributed by atoms with E-state index >= 15 is 0 Å². The minimum atomic E-state index is 0.267. The van der Waals surface area contributed by atoms with Crippen molar-refractivity contribution >= 4 is 11.4 Å². The van der Waals surface area contributed by atoms with E-state index < -0.39 is 0 Å². The number of hydrogen-bond donors (Lipinski definition) is 2. The van der Waals surface area contributed by atoms with E-state index in [0.29, 0.717) is 0 Å². The summed E-state index contributed by atoms with van der Waals surface area (Å²) < 4.78 is 0. The van der Waals surface area contributed by atoms with Crippen molar-refractivity contribution in [2.75, 3.05) is 18.9 Å². The van der Waals surface area contributed by atoms with Gasteiger partial charge in [-0.1, -0.05) is 39.5 Å². The van der Waals surface area contributed by atoms with Gasteiger partial charge in [0, 0.05) is 25.0 Å². The fourth-order valence-corrected chi connectivity index (χ4v) is 1.34. The van der Waals surface area contributed by atoms with Gasteiger partial charge in [-0.2, -0.15) is 0 Å². The van der Waals surface area contributed by atoms with Crippen LogP contribution in [0.25, 0.3) is 5.70 Å². The highest BCUT2D eigenvalue weighted by atomic mass is 14.9. The molecule has 1 aromatic carbocycles. The van der Waals surface area contributed by atoms with E-state index in [2.05, 4.69) is 50.1 Å². The molecule has 0 unspecified atom stereocenters. The second-order valence-electron chi connectivity index (χ2n) is 5.22. The number of rotatable bonds is 4. The number of anilines is 1. The van der Waals surface area contributed by atoms with Crippen LogP contribution in [0, 0.1) is 5.41 Å². The van der Waals surface area contributed by atoms with Crippen molar-refractivity contribution in [2.45, 2.75) is 20.8 Å². The molecule has 0 spiro atoms. The molecule has 2 heteroatoms. The Hall–Kier alpha value is -1.44. The number of nitrogens with one attached hydrogen (secondary N) is 2. The van der Waals surface area contributed by atoms with Crippen molar-refractivity contribution in [2.24, 2.45) is 5.41 Å². The van der Waals surface area contributed by atoms with Crippen LogP contribution in [0.3, 0.4) is 0 Å². The van der Waals surface area contributed by atoms with Gasteiger partial charge < -0.3 is 10.6 Å². The van der Waals surface area contributed by atoms with Gasteiger partial charge >= 0.3 is 0 Å². The normalized spacial score (nSPS) is 11.0. The van der Waals surface area contributed by atoms with E-state index in [1.165, 1.54) is 0 Å². The van der Waals surface area contributed by atoms with Crippen LogP contribution in [0.4, 0.5) is 5.69 Å². The third-order valence-corrected chi connectivity index (χ3v) is 2.33. The third-order valence-electron chi connectivity index (χ3n) is 2.33. The lowest BCUT2D eigenvalue weighted by atomic mass is 9.96. The lowest BCUT2D eigenvalue weighted by molar-refractivity contribution is 0.406. The van der Waals surface area contributed by atoms with E-state index in [1.807, 2.05) is 19.2 Å². The quantitative estimate of drug-likeness (QED) is 0.810. The van der Waals surface area contributed by atoms with Gasteiger partial charge in [0.2, 0.25) is 0 Å². The van der Waals surface area contributed by atoms with Gasteiger partial charge in [0.15, 0.2) is 0 Å². The molecule has 0 aliphatic heterocycles. The first kappa shape index (κ1) is 12.6. The molecule has 0 radical (unpaired) electrons. The summed E-state index contributed by atoms with van der Waals surface area (Å²) in [5.41, 5.74) is 3.49. The molecule has 0 saturated carbocycles. The van der Waals surface area contributed by atoms with E-state index in [1.54, 1.807) is 0 Å². The second kappa shape index (κ2) is 5.06. The van der Waals surface area contributed by atoms with Crippen LogP contribution in [0.1, 0.15) is 26.3 Å². The lowest BCUT2D eigenvalue weighted by Crippen LogP contribution is -2.25. The summed E-state index contributed by atoms with van der Waals surface area (Å²) in [6, 6.07) is 8.24. The predicted octanol–water partition coefficient (Wildman–Crippen LogP) is 3.33. The Bertz CT molecular complexity index is 361. The SMILES string of the molecule is C=C(NCC(C)(C)C)c1cccc(NC)c1. The predicted molar refractivity (Wildman–Crippen MR) is 72.5 cm³/mol. The minimum Gasteiger partial charge on any atom is -0.388 e. The average molecular weight is 218 g/mol. The summed E-state index contributed by atoms with van der Waals surface area (Å²) in [4.78, 5) is 0. The van der Waals surface area contributed by atoms with Crippen molar-refractivity contribution in [3.05, 3.63) is 36.4 Å². The van der Waals surface area contributed by atoms with Crippen LogP contribution < -0.4 is 10.6 Å². The van der Waals surface area contributed by atoms with Crippen LogP contribution in [0.2, 0.25) is 0 Å². The molecule has 0 bridgehead atoms. The Morgan fingerprint density at radius 2 is 2.00 bits per heavy atom. The molecule has 0 atom stereocenters. The molecule has 0 fully saturated rings. The van der Waals surface area contributed by atoms with Crippen molar-refractivity contribution in [1.82, 2.24) is 5.32 Å². The van der Waals surface area contributed by atoms with Crippen LogP contribution in [-0.2, 0) is 0 Å². The van der Waals surface area contributed by atoms with Crippen molar-refractivity contribution in [3.63, 3.8) is 0 Å². The molecule has 0 saturated heterocycles. The van der Waals surface area contributed by atoms with Crippen LogP contribution in [0.15, 0.2) is 30.8 Å².